The summed E-state index contributed by atoms with van der Waals surface area (Å²) < 4.78 is 38.4. The van der Waals surface area contributed by atoms with Crippen molar-refractivity contribution in [2.45, 2.75) is 49.7 Å². The van der Waals surface area contributed by atoms with E-state index in [0.717, 1.165) is 11.1 Å². The number of ether oxygens (including phenoxy) is 2. The number of hydrogen-bond donors (Lipinski definition) is 0. The highest BCUT2D eigenvalue weighted by atomic mass is 32.2. The summed E-state index contributed by atoms with van der Waals surface area (Å²) in [5.41, 5.74) is 2.88. The van der Waals surface area contributed by atoms with Crippen LogP contribution in [0.5, 0.6) is 0 Å². The Bertz CT molecular complexity index is 1410. The lowest BCUT2D eigenvalue weighted by atomic mass is 10.2. The quantitative estimate of drug-likeness (QED) is 0.171. The van der Waals surface area contributed by atoms with Crippen molar-refractivity contribution in [3.8, 4) is 0 Å². The van der Waals surface area contributed by atoms with Crippen LogP contribution >= 0.6 is 0 Å². The molecule has 7 heteroatoms. The maximum absolute atomic E-state index is 13.3. The van der Waals surface area contributed by atoms with Gasteiger partial charge < -0.3 is 9.47 Å². The molecule has 0 N–H and O–H groups in total. The summed E-state index contributed by atoms with van der Waals surface area (Å²) in [5, 5.41) is 0. The smallest absolute Gasteiger partial charge is 0.221 e. The van der Waals surface area contributed by atoms with Crippen LogP contribution in [0, 0.1) is 0 Å². The van der Waals surface area contributed by atoms with E-state index in [1.807, 2.05) is 88.4 Å². The molecule has 4 rings (SSSR count). The molecule has 0 bridgehead atoms. The predicted octanol–water partition coefficient (Wildman–Crippen LogP) is 7.53. The van der Waals surface area contributed by atoms with Crippen LogP contribution in [0.4, 0.5) is 11.4 Å². The molecule has 0 radical (unpaired) electrons. The maximum atomic E-state index is 13.3. The first-order valence-electron chi connectivity index (χ1n) is 12.8. The molecule has 4 aromatic rings. The zero-order valence-electron chi connectivity index (χ0n) is 22.5. The average molecular weight is 541 g/mol. The molecule has 0 heterocycles. The molecule has 0 aromatic heterocycles. The van der Waals surface area contributed by atoms with Gasteiger partial charge in [0, 0.05) is 11.1 Å². The van der Waals surface area contributed by atoms with Gasteiger partial charge in [-0.25, -0.2) is 18.4 Å². The van der Waals surface area contributed by atoms with Gasteiger partial charge in [-0.2, -0.15) is 0 Å². The van der Waals surface area contributed by atoms with E-state index in [-0.39, 0.29) is 22.0 Å². The number of rotatable bonds is 8. The molecule has 0 fully saturated rings. The van der Waals surface area contributed by atoms with Gasteiger partial charge in [0.25, 0.3) is 0 Å². The number of benzene rings is 4. The molecule has 6 nitrogen and oxygen atoms in total. The lowest BCUT2D eigenvalue weighted by molar-refractivity contribution is 0.229. The molecule has 4 aromatic carbocycles. The van der Waals surface area contributed by atoms with Crippen LogP contribution in [0.3, 0.4) is 0 Å². The molecule has 0 saturated carbocycles. The van der Waals surface area contributed by atoms with E-state index in [0.29, 0.717) is 23.2 Å². The van der Waals surface area contributed by atoms with Crippen LogP contribution in [-0.2, 0) is 19.3 Å². The van der Waals surface area contributed by atoms with Gasteiger partial charge in [-0.1, -0.05) is 36.4 Å². The minimum Gasteiger partial charge on any atom is -0.475 e. The van der Waals surface area contributed by atoms with Crippen molar-refractivity contribution in [3.63, 3.8) is 0 Å². The zero-order valence-corrected chi connectivity index (χ0v) is 23.3. The first kappa shape index (κ1) is 27.8. The van der Waals surface area contributed by atoms with Gasteiger partial charge in [-0.15, -0.1) is 0 Å². The molecule has 0 aliphatic rings. The standard InChI is InChI=1S/C32H32N2O4S/c1-23(2)37-31(25-11-7-5-8-12-25)33-27-15-19-29(20-16-27)39(35,36)30-21-17-28(18-22-30)34-32(38-24(3)4)26-13-9-6-10-14-26/h5-24H,1-4H3/b33-31-,34-32-. The molecule has 0 unspecified atom stereocenters. The molecule has 0 amide bonds. The van der Waals surface area contributed by atoms with Gasteiger partial charge in [0.15, 0.2) is 0 Å². The molecule has 0 aliphatic carbocycles. The van der Waals surface area contributed by atoms with Crippen molar-refractivity contribution in [2.24, 2.45) is 9.98 Å². The molecule has 0 spiro atoms. The number of aliphatic imine (C=N–C) groups is 2. The molecule has 39 heavy (non-hydrogen) atoms. The summed E-state index contributed by atoms with van der Waals surface area (Å²) in [5.74, 6) is 0.960. The Morgan fingerprint density at radius 2 is 0.872 bits per heavy atom. The van der Waals surface area contributed by atoms with E-state index in [2.05, 4.69) is 9.98 Å². The predicted molar refractivity (Wildman–Crippen MR) is 156 cm³/mol. The Labute approximate surface area is 230 Å². The van der Waals surface area contributed by atoms with E-state index < -0.39 is 9.84 Å². The summed E-state index contributed by atoms with van der Waals surface area (Å²) in [4.78, 5) is 9.60. The van der Waals surface area contributed by atoms with Crippen molar-refractivity contribution in [2.75, 3.05) is 0 Å². The van der Waals surface area contributed by atoms with Crippen molar-refractivity contribution < 1.29 is 17.9 Å². The molecule has 0 aliphatic heterocycles. The van der Waals surface area contributed by atoms with Gasteiger partial charge >= 0.3 is 0 Å². The Kier molecular flexibility index (Phi) is 8.94. The van der Waals surface area contributed by atoms with E-state index in [1.165, 1.54) is 0 Å². The highest BCUT2D eigenvalue weighted by Gasteiger charge is 2.18. The van der Waals surface area contributed by atoms with E-state index >= 15 is 0 Å². The Hall–Kier alpha value is -4.23. The van der Waals surface area contributed by atoms with Crippen LogP contribution in [0.15, 0.2) is 129 Å². The minimum absolute atomic E-state index is 0.0587. The second-order valence-corrected chi connectivity index (χ2v) is 11.3. The summed E-state index contributed by atoms with van der Waals surface area (Å²) in [6, 6.07) is 32.1. The van der Waals surface area contributed by atoms with Gasteiger partial charge in [-0.3, -0.25) is 0 Å². The first-order chi connectivity index (χ1) is 18.7. The molecule has 0 saturated heterocycles. The normalized spacial score (nSPS) is 12.6. The Morgan fingerprint density at radius 1 is 0.538 bits per heavy atom. The highest BCUT2D eigenvalue weighted by Crippen LogP contribution is 2.26. The lowest BCUT2D eigenvalue weighted by Gasteiger charge is -2.13. The van der Waals surface area contributed by atoms with Crippen LogP contribution in [-0.4, -0.2) is 32.4 Å². The van der Waals surface area contributed by atoms with Crippen molar-refractivity contribution in [1.82, 2.24) is 0 Å². The Balaban J connectivity index is 1.57. The average Bonchev–Trinajstić information content (AvgIpc) is 2.93. The Morgan fingerprint density at radius 3 is 1.18 bits per heavy atom. The fourth-order valence-electron chi connectivity index (χ4n) is 3.70. The second-order valence-electron chi connectivity index (χ2n) is 9.39. The fraction of sp³-hybridized carbons (Fsp3) is 0.188. The van der Waals surface area contributed by atoms with Crippen LogP contribution in [0.1, 0.15) is 38.8 Å². The van der Waals surface area contributed by atoms with Gasteiger partial charge in [0.1, 0.15) is 0 Å². The zero-order chi connectivity index (χ0) is 27.8. The molecule has 0 atom stereocenters. The third-order valence-electron chi connectivity index (χ3n) is 5.49. The third-order valence-corrected chi connectivity index (χ3v) is 7.28. The second kappa shape index (κ2) is 12.5. The molecular weight excluding hydrogens is 508 g/mol. The van der Waals surface area contributed by atoms with Crippen molar-refractivity contribution in [3.05, 3.63) is 120 Å². The van der Waals surface area contributed by atoms with Gasteiger partial charge in [-0.05, 0) is 100 Å². The first-order valence-corrected chi connectivity index (χ1v) is 14.3. The van der Waals surface area contributed by atoms with E-state index in [9.17, 15) is 8.42 Å². The van der Waals surface area contributed by atoms with E-state index in [1.54, 1.807) is 48.5 Å². The monoisotopic (exact) mass is 540 g/mol. The highest BCUT2D eigenvalue weighted by molar-refractivity contribution is 7.91. The van der Waals surface area contributed by atoms with E-state index in [4.69, 9.17) is 9.47 Å². The minimum atomic E-state index is -3.73. The number of sulfone groups is 1. The van der Waals surface area contributed by atoms with Crippen molar-refractivity contribution in [1.29, 1.82) is 0 Å². The molecular formula is C32H32N2O4S. The largest absolute Gasteiger partial charge is 0.475 e. The van der Waals surface area contributed by atoms with Crippen molar-refractivity contribution >= 4 is 33.0 Å². The SMILES string of the molecule is CC(C)O/C(=N\c1ccc(S(=O)(=O)c2ccc(/N=C(\OC(C)C)c3ccccc3)cc2)cc1)c1ccccc1. The summed E-state index contributed by atoms with van der Waals surface area (Å²) in [6.45, 7) is 7.74. The number of nitrogens with zero attached hydrogens (tertiary/aromatic N) is 2. The van der Waals surface area contributed by atoms with Crippen LogP contribution < -0.4 is 0 Å². The fourth-order valence-corrected chi connectivity index (χ4v) is 4.96. The summed E-state index contributed by atoms with van der Waals surface area (Å²) in [7, 11) is -3.73. The molecule has 200 valence electrons. The van der Waals surface area contributed by atoms with Gasteiger partial charge in [0.2, 0.25) is 21.6 Å². The topological polar surface area (TPSA) is 77.3 Å². The van der Waals surface area contributed by atoms with Gasteiger partial charge in [0.05, 0.1) is 33.4 Å². The maximum Gasteiger partial charge on any atom is 0.221 e. The summed E-state index contributed by atoms with van der Waals surface area (Å²) >= 11 is 0. The lowest BCUT2D eigenvalue weighted by Crippen LogP contribution is -2.12. The van der Waals surface area contributed by atoms with Crippen LogP contribution in [0.25, 0.3) is 0 Å². The summed E-state index contributed by atoms with van der Waals surface area (Å²) in [6.07, 6.45) is -0.117. The third kappa shape index (κ3) is 7.42. The number of hydrogen-bond acceptors (Lipinski definition) is 6. The van der Waals surface area contributed by atoms with Crippen LogP contribution in [0.2, 0.25) is 0 Å².